The third-order valence-corrected chi connectivity index (χ3v) is 10.9. The molecule has 5 rings (SSSR count). The van der Waals surface area contributed by atoms with E-state index in [9.17, 15) is 19.2 Å². The van der Waals surface area contributed by atoms with Crippen LogP contribution in [0.2, 0.25) is 0 Å². The summed E-state index contributed by atoms with van der Waals surface area (Å²) in [5, 5.41) is 11.6. The number of hydrogen-bond donors (Lipinski definition) is 5. The monoisotopic (exact) mass is 714 g/mol. The molecule has 5 N–H and O–H groups in total. The van der Waals surface area contributed by atoms with Gasteiger partial charge in [0.05, 0.1) is 31.5 Å². The van der Waals surface area contributed by atoms with Crippen LogP contribution in [0.15, 0.2) is 33.4 Å². The number of carbonyl (C=O) groups excluding carboxylic acids is 4. The average molecular weight is 715 g/mol. The van der Waals surface area contributed by atoms with Crippen LogP contribution < -0.4 is 10.8 Å². The molecule has 8 bridgehead atoms. The Hall–Kier alpha value is -5.04. The summed E-state index contributed by atoms with van der Waals surface area (Å²) in [7, 11) is 2.62. The van der Waals surface area contributed by atoms with Gasteiger partial charge < -0.3 is 24.8 Å². The van der Waals surface area contributed by atoms with Crippen molar-refractivity contribution in [3.05, 3.63) is 68.5 Å². The largest absolute Gasteiger partial charge is 0.468 e. The third kappa shape index (κ3) is 7.32. The molecule has 3 aliphatic heterocycles. The van der Waals surface area contributed by atoms with E-state index in [1.807, 2.05) is 32.9 Å². The predicted molar refractivity (Wildman–Crippen MR) is 198 cm³/mol. The van der Waals surface area contributed by atoms with Gasteiger partial charge in [-0.2, -0.15) is 0 Å². The molecule has 3 aliphatic rings. The lowest BCUT2D eigenvalue weighted by atomic mass is 9.80. The lowest BCUT2D eigenvalue weighted by molar-refractivity contribution is -0.140. The summed E-state index contributed by atoms with van der Waals surface area (Å²) in [6, 6.07) is -0.0786. The standard InChI is InChI=1S/C39H50N6O7/c1-9-23-19(3)26-16-28-21(5)25(13-14-32(46)40-15-11-12-33(47)45-50)36(43-28)35(39(49)52-8)37-34(38(48)51-7)22(6)29(44-37)18-31-24(10-2)20(4)27(42-31)17-30(23)41-26/h9,16,21,25,27,35,41,44,50H,1,10-15,17-18H2,2-8H3,(H,40,46)(H,45,47)/t21-,25-,27?,35?/m0/s1. The van der Waals surface area contributed by atoms with Crippen molar-refractivity contribution >= 4 is 47.3 Å². The summed E-state index contributed by atoms with van der Waals surface area (Å²) in [6.45, 7) is 14.5. The first-order valence-corrected chi connectivity index (χ1v) is 17.9. The minimum absolute atomic E-state index is 0.0688. The van der Waals surface area contributed by atoms with E-state index in [4.69, 9.17) is 24.7 Å². The zero-order valence-corrected chi connectivity index (χ0v) is 31.1. The molecule has 2 aromatic rings. The predicted octanol–water partition coefficient (Wildman–Crippen LogP) is 5.22. The number of hydrogen-bond acceptors (Lipinski definition) is 9. The number of nitrogens with one attached hydrogen (secondary N) is 4. The Labute approximate surface area is 304 Å². The fraction of sp³-hybridized carbons (Fsp3) is 0.487. The van der Waals surface area contributed by atoms with Crippen molar-refractivity contribution < 1.29 is 33.9 Å². The van der Waals surface area contributed by atoms with E-state index in [0.29, 0.717) is 42.7 Å². The second kappa shape index (κ2) is 16.1. The van der Waals surface area contributed by atoms with Crippen molar-refractivity contribution in [3.63, 3.8) is 0 Å². The molecule has 13 heteroatoms. The van der Waals surface area contributed by atoms with Crippen LogP contribution in [0, 0.1) is 25.7 Å². The molecule has 0 radical (unpaired) electrons. The number of H-pyrrole nitrogens is 2. The molecule has 2 aromatic heterocycles. The van der Waals surface area contributed by atoms with Gasteiger partial charge in [-0.05, 0) is 73.9 Å². The molecule has 5 heterocycles. The second-order valence-corrected chi connectivity index (χ2v) is 13.7. The smallest absolute Gasteiger partial charge is 0.340 e. The van der Waals surface area contributed by atoms with Crippen molar-refractivity contribution in [1.29, 1.82) is 0 Å². The molecule has 4 atom stereocenters. The number of carbonyl (C=O) groups is 4. The highest BCUT2D eigenvalue weighted by molar-refractivity contribution is 6.12. The third-order valence-electron chi connectivity index (χ3n) is 10.9. The summed E-state index contributed by atoms with van der Waals surface area (Å²) in [6.07, 6.45) is 6.64. The molecule has 0 saturated carbocycles. The molecule has 0 spiro atoms. The van der Waals surface area contributed by atoms with Crippen LogP contribution >= 0.6 is 0 Å². The molecule has 2 amide bonds. The van der Waals surface area contributed by atoms with Crippen LogP contribution in [0.3, 0.4) is 0 Å². The Morgan fingerprint density at radius 3 is 2.46 bits per heavy atom. The van der Waals surface area contributed by atoms with E-state index in [-0.39, 0.29) is 48.7 Å². The zero-order valence-electron chi connectivity index (χ0n) is 31.1. The lowest BCUT2D eigenvalue weighted by Gasteiger charge is -2.23. The average Bonchev–Trinajstić information content (AvgIpc) is 3.81. The summed E-state index contributed by atoms with van der Waals surface area (Å²) in [5.41, 5.74) is 12.0. The van der Waals surface area contributed by atoms with Crippen LogP contribution in [0.5, 0.6) is 0 Å². The van der Waals surface area contributed by atoms with E-state index < -0.39 is 23.8 Å². The van der Waals surface area contributed by atoms with Crippen molar-refractivity contribution in [2.75, 3.05) is 20.8 Å². The van der Waals surface area contributed by atoms with E-state index in [1.54, 1.807) is 5.48 Å². The van der Waals surface area contributed by atoms with Crippen molar-refractivity contribution in [2.24, 2.45) is 21.8 Å². The first kappa shape index (κ1) is 38.2. The van der Waals surface area contributed by atoms with Crippen LogP contribution in [0.4, 0.5) is 0 Å². The molecule has 278 valence electrons. The topological polar surface area (TPSA) is 187 Å². The quantitative estimate of drug-likeness (QED) is 0.0913. The molecule has 0 fully saturated rings. The minimum atomic E-state index is -1.09. The van der Waals surface area contributed by atoms with Crippen LogP contribution in [-0.4, -0.2) is 77.2 Å². The molecule has 2 unspecified atom stereocenters. The number of aliphatic imine (C=N–C) groups is 2. The van der Waals surface area contributed by atoms with Crippen molar-refractivity contribution in [1.82, 2.24) is 20.8 Å². The second-order valence-electron chi connectivity index (χ2n) is 13.7. The Bertz CT molecular complexity index is 1910. The Balaban J connectivity index is 1.66. The Kier molecular flexibility index (Phi) is 11.8. The molecular weight excluding hydrogens is 664 g/mol. The fourth-order valence-electron chi connectivity index (χ4n) is 7.89. The van der Waals surface area contributed by atoms with Gasteiger partial charge in [-0.25, -0.2) is 10.3 Å². The van der Waals surface area contributed by atoms with Gasteiger partial charge in [0.25, 0.3) is 0 Å². The maximum absolute atomic E-state index is 14.0. The van der Waals surface area contributed by atoms with Crippen LogP contribution in [0.25, 0.3) is 12.2 Å². The number of fused-ring (bicyclic) bond motifs is 6. The maximum atomic E-state index is 14.0. The summed E-state index contributed by atoms with van der Waals surface area (Å²) in [4.78, 5) is 69.3. The molecule has 13 nitrogen and oxygen atoms in total. The number of nitrogens with zero attached hydrogens (tertiary/aromatic N) is 2. The number of esters is 2. The molecule has 0 aromatic carbocycles. The molecular formula is C39H50N6O7. The summed E-state index contributed by atoms with van der Waals surface area (Å²) in [5.74, 6) is -3.62. The SMILES string of the molecule is C=Cc1c2[nH]c(c1C)C=C1N=C(C(C(=O)OC)c3[nH]c(c(C)c3C(=O)OC)CC3=NC(C2)C(C)=C3CC)[C@@H](CCC(=O)NCCCC(=O)NO)[C@@H]1C. The number of methoxy groups -OCH3 is 2. The van der Waals surface area contributed by atoms with E-state index >= 15 is 0 Å². The van der Waals surface area contributed by atoms with Gasteiger partial charge in [0.1, 0.15) is 5.92 Å². The number of amides is 2. The number of rotatable bonds is 11. The summed E-state index contributed by atoms with van der Waals surface area (Å²) >= 11 is 0. The van der Waals surface area contributed by atoms with Gasteiger partial charge in [0.2, 0.25) is 11.8 Å². The lowest BCUT2D eigenvalue weighted by Crippen LogP contribution is -2.32. The maximum Gasteiger partial charge on any atom is 0.340 e. The van der Waals surface area contributed by atoms with E-state index in [1.165, 1.54) is 25.4 Å². The molecule has 52 heavy (non-hydrogen) atoms. The first-order chi connectivity index (χ1) is 24.9. The van der Waals surface area contributed by atoms with Gasteiger partial charge in [0, 0.05) is 78.3 Å². The number of allylic oxidation sites excluding steroid dienone is 2. The van der Waals surface area contributed by atoms with Gasteiger partial charge in [-0.3, -0.25) is 29.6 Å². The van der Waals surface area contributed by atoms with Crippen molar-refractivity contribution in [3.8, 4) is 0 Å². The highest BCUT2D eigenvalue weighted by Crippen LogP contribution is 2.42. The fourth-order valence-corrected chi connectivity index (χ4v) is 7.89. The number of aromatic nitrogens is 2. The Morgan fingerprint density at radius 1 is 1.06 bits per heavy atom. The van der Waals surface area contributed by atoms with Crippen LogP contribution in [0.1, 0.15) is 109 Å². The van der Waals surface area contributed by atoms with Gasteiger partial charge in [-0.1, -0.05) is 26.5 Å². The zero-order chi connectivity index (χ0) is 37.9. The highest BCUT2D eigenvalue weighted by atomic mass is 16.5. The van der Waals surface area contributed by atoms with Gasteiger partial charge >= 0.3 is 11.9 Å². The van der Waals surface area contributed by atoms with Gasteiger partial charge in [-0.15, -0.1) is 0 Å². The van der Waals surface area contributed by atoms with Gasteiger partial charge in [0.15, 0.2) is 0 Å². The Morgan fingerprint density at radius 2 is 1.81 bits per heavy atom. The number of aromatic amines is 2. The molecule has 0 saturated heterocycles. The highest BCUT2D eigenvalue weighted by Gasteiger charge is 2.44. The normalized spacial score (nSPS) is 20.9. The molecule has 0 aliphatic carbocycles. The first-order valence-electron chi connectivity index (χ1n) is 17.9. The number of hydroxylamine groups is 1. The van der Waals surface area contributed by atoms with E-state index in [2.05, 4.69) is 35.7 Å². The summed E-state index contributed by atoms with van der Waals surface area (Å²) < 4.78 is 10.7. The van der Waals surface area contributed by atoms with Crippen molar-refractivity contribution in [2.45, 2.75) is 91.5 Å². The number of ether oxygens (including phenoxy) is 2. The van der Waals surface area contributed by atoms with E-state index in [0.717, 1.165) is 46.0 Å². The minimum Gasteiger partial charge on any atom is -0.468 e. The van der Waals surface area contributed by atoms with Crippen LogP contribution in [-0.2, 0) is 36.7 Å².